The van der Waals surface area contributed by atoms with Crippen molar-refractivity contribution in [2.24, 2.45) is 29.0 Å². The number of aliphatic hydroxyl groups is 1. The van der Waals surface area contributed by atoms with Gasteiger partial charge in [0.15, 0.2) is 0 Å². The molecule has 1 fully saturated rings. The summed E-state index contributed by atoms with van der Waals surface area (Å²) in [5.74, 6) is -6.39. The van der Waals surface area contributed by atoms with Crippen LogP contribution in [0.3, 0.4) is 0 Å². The van der Waals surface area contributed by atoms with E-state index in [1.54, 1.807) is 12.4 Å². The van der Waals surface area contributed by atoms with Crippen LogP contribution in [0, 0.1) is 11.8 Å². The van der Waals surface area contributed by atoms with E-state index in [0.29, 0.717) is 56.2 Å². The first-order chi connectivity index (χ1) is 37.0. The van der Waals surface area contributed by atoms with Crippen LogP contribution in [-0.4, -0.2) is 137 Å². The number of carbonyl (C=O) groups excluding carboxylic acids is 8. The molecule has 1 aliphatic rings. The van der Waals surface area contributed by atoms with Crippen LogP contribution in [-0.2, 0) is 51.2 Å². The Bertz CT molecular complexity index is 2600. The second-order valence-electron chi connectivity index (χ2n) is 20.9. The monoisotopic (exact) mass is 1070 g/mol. The minimum absolute atomic E-state index is 0.0364. The van der Waals surface area contributed by atoms with Gasteiger partial charge in [0.25, 0.3) is 0 Å². The molecule has 77 heavy (non-hydrogen) atoms. The molecule has 22 nitrogen and oxygen atoms in total. The van der Waals surface area contributed by atoms with Gasteiger partial charge in [-0.05, 0) is 125 Å². The molecule has 8 atom stereocenters. The predicted molar refractivity (Wildman–Crippen MR) is 294 cm³/mol. The number of unbranched alkanes of at least 4 members (excludes halogenated alkanes) is 3. The summed E-state index contributed by atoms with van der Waals surface area (Å²) in [5.41, 5.74) is 20.4. The Labute approximate surface area is 450 Å². The Morgan fingerprint density at radius 2 is 0.688 bits per heavy atom. The topological polar surface area (TPSA) is 363 Å². The minimum Gasteiger partial charge on any atom is -0.394 e. The number of para-hydroxylation sites is 2. The Balaban J connectivity index is 1.62. The van der Waals surface area contributed by atoms with E-state index in [2.05, 4.69) is 52.5 Å². The van der Waals surface area contributed by atoms with Crippen molar-refractivity contribution in [2.75, 3.05) is 26.2 Å². The van der Waals surface area contributed by atoms with Crippen LogP contribution >= 0.6 is 0 Å². The number of hydrogen-bond acceptors (Lipinski definition) is 12. The number of H-pyrrole nitrogens is 2. The van der Waals surface area contributed by atoms with Gasteiger partial charge in [0.2, 0.25) is 47.3 Å². The molecular formula is C55H83N13O9. The average Bonchev–Trinajstić information content (AvgIpc) is 4.02. The van der Waals surface area contributed by atoms with E-state index < -0.39 is 102 Å². The fourth-order valence-corrected chi connectivity index (χ4v) is 9.52. The first-order valence-corrected chi connectivity index (χ1v) is 27.2. The molecule has 3 heterocycles. The molecule has 8 amide bonds. The lowest BCUT2D eigenvalue weighted by Gasteiger charge is -2.29. The highest BCUT2D eigenvalue weighted by Crippen LogP contribution is 2.22. The van der Waals surface area contributed by atoms with Crippen molar-refractivity contribution in [3.05, 3.63) is 72.1 Å². The van der Waals surface area contributed by atoms with Crippen LogP contribution in [0.2, 0.25) is 0 Å². The minimum atomic E-state index is -1.60. The largest absolute Gasteiger partial charge is 0.394 e. The number of carbonyl (C=O) groups is 8. The molecule has 0 spiro atoms. The highest BCUT2D eigenvalue weighted by Gasteiger charge is 2.37. The van der Waals surface area contributed by atoms with E-state index >= 15 is 0 Å². The van der Waals surface area contributed by atoms with Crippen LogP contribution in [0.5, 0.6) is 0 Å². The quantitative estimate of drug-likeness (QED) is 0.0516. The van der Waals surface area contributed by atoms with Crippen molar-refractivity contribution < 1.29 is 43.5 Å². The third-order valence-electron chi connectivity index (χ3n) is 13.7. The number of benzene rings is 2. The number of nitrogens with two attached hydrogens (primary N) is 3. The van der Waals surface area contributed by atoms with Gasteiger partial charge in [-0.15, -0.1) is 0 Å². The van der Waals surface area contributed by atoms with Crippen molar-refractivity contribution in [3.8, 4) is 0 Å². The summed E-state index contributed by atoms with van der Waals surface area (Å²) < 4.78 is 0. The molecule has 0 bridgehead atoms. The van der Waals surface area contributed by atoms with Gasteiger partial charge in [0, 0.05) is 47.0 Å². The Kier molecular flexibility index (Phi) is 24.4. The normalized spacial score (nSPS) is 23.1. The summed E-state index contributed by atoms with van der Waals surface area (Å²) >= 11 is 0. The van der Waals surface area contributed by atoms with Gasteiger partial charge in [-0.1, -0.05) is 64.1 Å². The van der Waals surface area contributed by atoms with E-state index in [-0.39, 0.29) is 69.9 Å². The van der Waals surface area contributed by atoms with Crippen LogP contribution in [0.1, 0.15) is 109 Å². The average molecular weight is 1070 g/mol. The molecule has 17 N–H and O–H groups in total. The Hall–Kier alpha value is -6.88. The molecule has 422 valence electrons. The predicted octanol–water partition coefficient (Wildman–Crippen LogP) is 0.798. The maximum Gasteiger partial charge on any atom is 0.245 e. The number of fused-ring (bicyclic) bond motifs is 2. The molecule has 2 aromatic heterocycles. The van der Waals surface area contributed by atoms with Crippen molar-refractivity contribution >= 4 is 69.1 Å². The first kappa shape index (κ1) is 61.0. The van der Waals surface area contributed by atoms with Crippen LogP contribution < -0.4 is 59.7 Å². The van der Waals surface area contributed by atoms with E-state index in [0.717, 1.165) is 21.8 Å². The number of aromatic nitrogens is 2. The zero-order valence-corrected chi connectivity index (χ0v) is 45.0. The van der Waals surface area contributed by atoms with Gasteiger partial charge in [0.05, 0.1) is 6.61 Å². The van der Waals surface area contributed by atoms with Crippen LogP contribution in [0.4, 0.5) is 0 Å². The van der Waals surface area contributed by atoms with Gasteiger partial charge in [-0.2, -0.15) is 0 Å². The Morgan fingerprint density at radius 1 is 0.403 bits per heavy atom. The maximum atomic E-state index is 14.9. The molecule has 0 aliphatic carbocycles. The molecule has 0 unspecified atom stereocenters. The molecule has 2 aromatic carbocycles. The van der Waals surface area contributed by atoms with Crippen molar-refractivity contribution in [1.29, 1.82) is 0 Å². The smallest absolute Gasteiger partial charge is 0.245 e. The molecule has 0 radical (unpaired) electrons. The molecule has 1 saturated heterocycles. The molecule has 5 rings (SSSR count). The number of rotatable bonds is 21. The fourth-order valence-electron chi connectivity index (χ4n) is 9.52. The highest BCUT2D eigenvalue weighted by molar-refractivity contribution is 5.99. The number of aromatic amines is 2. The van der Waals surface area contributed by atoms with Gasteiger partial charge in [-0.3, -0.25) is 38.4 Å². The third kappa shape index (κ3) is 18.4. The number of hydrogen-bond donors (Lipinski definition) is 14. The summed E-state index contributed by atoms with van der Waals surface area (Å²) in [6.45, 7) is 7.42. The van der Waals surface area contributed by atoms with Crippen molar-refractivity contribution in [3.63, 3.8) is 0 Å². The summed E-state index contributed by atoms with van der Waals surface area (Å²) in [5, 5.41) is 34.4. The Morgan fingerprint density at radius 3 is 1.03 bits per heavy atom. The fraction of sp³-hybridized carbons (Fsp3) is 0.564. The van der Waals surface area contributed by atoms with E-state index in [4.69, 9.17) is 17.2 Å². The second-order valence-corrected chi connectivity index (χ2v) is 20.9. The second kappa shape index (κ2) is 30.8. The maximum absolute atomic E-state index is 14.9. The zero-order valence-electron chi connectivity index (χ0n) is 45.0. The standard InChI is InChI=1S/C55H83N13O9/c1-32(2)25-43-51(73)67-46(28-35-30-60-39-18-8-6-16-37(35)39)54(76)65-44(26-33(3)4)52(74)66-45(27-34-29-59-38-17-7-5-15-36(34)38)53(75)62-42(21-11-14-24-58)50(72)68-47(31-69)55(77)63-40(19-9-12-22-56)48(70)61-41(49(71)64-43)20-10-13-23-57/h5-8,15-18,29-30,32-33,40-47,59-60,69H,9-14,19-28,31,56-58H2,1-4H3,(H,61,70)(H,62,75)(H,63,77)(H,64,71)(H,65,76)(H,66,74)(H,67,73)(H,68,72)/t40-,41-,42-,43-,44-,45-,46-,47-/m0/s1. The van der Waals surface area contributed by atoms with Gasteiger partial charge >= 0.3 is 0 Å². The SMILES string of the molecule is CC(C)C[C@@H]1NC(=O)[C@H](CCCCN)NC(=O)[C@H](CCCCN)NC(=O)[C@H](CO)NC(=O)[C@H](CCCCN)NC(=O)[C@H](Cc2c[nH]c3ccccc23)NC(=O)[C@H](CC(C)C)NC(=O)[C@H](Cc2c[nH]c3ccccc23)NC1=O. The number of amides is 8. The van der Waals surface area contributed by atoms with Crippen LogP contribution in [0.15, 0.2) is 60.9 Å². The summed E-state index contributed by atoms with van der Waals surface area (Å²) in [4.78, 5) is 123. The first-order valence-electron chi connectivity index (χ1n) is 27.2. The van der Waals surface area contributed by atoms with Crippen molar-refractivity contribution in [2.45, 2.75) is 160 Å². The summed E-state index contributed by atoms with van der Waals surface area (Å²) in [7, 11) is 0. The lowest BCUT2D eigenvalue weighted by molar-refractivity contribution is -0.137. The lowest BCUT2D eigenvalue weighted by Crippen LogP contribution is -2.62. The van der Waals surface area contributed by atoms with Gasteiger partial charge in [-0.25, -0.2) is 0 Å². The molecule has 4 aromatic rings. The van der Waals surface area contributed by atoms with Gasteiger partial charge < -0.3 is 74.8 Å². The molecule has 22 heteroatoms. The van der Waals surface area contributed by atoms with Crippen LogP contribution in [0.25, 0.3) is 21.8 Å². The molecular weight excluding hydrogens is 987 g/mol. The zero-order chi connectivity index (χ0) is 56.0. The molecule has 1 aliphatic heterocycles. The highest BCUT2D eigenvalue weighted by atomic mass is 16.3. The summed E-state index contributed by atoms with van der Waals surface area (Å²) in [6.07, 6.45) is 6.42. The number of aliphatic hydroxyl groups excluding tert-OH is 1. The molecule has 0 saturated carbocycles. The van der Waals surface area contributed by atoms with E-state index in [1.165, 1.54) is 0 Å². The van der Waals surface area contributed by atoms with E-state index in [1.807, 2.05) is 76.2 Å². The van der Waals surface area contributed by atoms with E-state index in [9.17, 15) is 43.5 Å². The number of nitrogens with one attached hydrogen (secondary N) is 10. The lowest BCUT2D eigenvalue weighted by atomic mass is 9.98. The van der Waals surface area contributed by atoms with Crippen molar-refractivity contribution in [1.82, 2.24) is 52.5 Å². The summed E-state index contributed by atoms with van der Waals surface area (Å²) in [6, 6.07) is 4.34. The van der Waals surface area contributed by atoms with Gasteiger partial charge in [0.1, 0.15) is 48.3 Å². The third-order valence-corrected chi connectivity index (χ3v) is 13.7.